The average Bonchev–Trinajstić information content (AvgIpc) is 3.49. The molecule has 11 nitrogen and oxygen atoms in total. The van der Waals surface area contributed by atoms with Crippen molar-refractivity contribution in [1.82, 2.24) is 10.3 Å². The number of amides is 2. The van der Waals surface area contributed by atoms with Gasteiger partial charge in [0.1, 0.15) is 29.7 Å². The maximum absolute atomic E-state index is 13.4. The highest BCUT2D eigenvalue weighted by molar-refractivity contribution is 7.91. The van der Waals surface area contributed by atoms with Crippen molar-refractivity contribution in [2.75, 3.05) is 24.2 Å². The van der Waals surface area contributed by atoms with Crippen molar-refractivity contribution in [3.05, 3.63) is 112 Å². The van der Waals surface area contributed by atoms with Crippen LogP contribution in [0.1, 0.15) is 27.3 Å². The van der Waals surface area contributed by atoms with E-state index in [1.165, 1.54) is 35.6 Å². The highest BCUT2D eigenvalue weighted by atomic mass is 35.5. The van der Waals surface area contributed by atoms with E-state index >= 15 is 0 Å². The molecule has 0 aliphatic carbocycles. The van der Waals surface area contributed by atoms with Gasteiger partial charge in [0.2, 0.25) is 0 Å². The summed E-state index contributed by atoms with van der Waals surface area (Å²) in [6.07, 6.45) is 0.661. The Labute approximate surface area is 285 Å². The zero-order valence-electron chi connectivity index (χ0n) is 25.3. The molecular weight excluding hydrogens is 678 g/mol. The Bertz CT molecular complexity index is 2020. The fourth-order valence-corrected chi connectivity index (χ4v) is 6.92. The Morgan fingerprint density at radius 2 is 1.71 bits per heavy atom. The first-order valence-corrected chi connectivity index (χ1v) is 17.5. The molecule has 14 heteroatoms. The quantitative estimate of drug-likeness (QED) is 0.123. The molecule has 3 N–H and O–H groups in total. The molecular formula is C34H30ClN3O8S2. The zero-order valence-corrected chi connectivity index (χ0v) is 27.7. The number of halogens is 1. The van der Waals surface area contributed by atoms with Crippen LogP contribution in [0.5, 0.6) is 11.5 Å². The number of ether oxygens (including phenoxy) is 2. The maximum Gasteiger partial charge on any atom is 0.322 e. The van der Waals surface area contributed by atoms with Crippen molar-refractivity contribution in [1.29, 1.82) is 0 Å². The van der Waals surface area contributed by atoms with E-state index in [0.717, 1.165) is 15.2 Å². The van der Waals surface area contributed by atoms with Gasteiger partial charge in [0.05, 0.1) is 26.6 Å². The number of carbonyl (C=O) groups excluding carboxylic acids is 2. The summed E-state index contributed by atoms with van der Waals surface area (Å²) in [5, 5.41) is 15.1. The number of carboxylic acid groups (broad SMARTS) is 1. The Morgan fingerprint density at radius 1 is 0.917 bits per heavy atom. The molecule has 4 aromatic carbocycles. The molecule has 1 heterocycles. The number of benzene rings is 4. The highest BCUT2D eigenvalue weighted by Crippen LogP contribution is 2.29. The summed E-state index contributed by atoms with van der Waals surface area (Å²) in [4.78, 5) is 41.0. The molecule has 0 bridgehead atoms. The van der Waals surface area contributed by atoms with E-state index in [2.05, 4.69) is 15.6 Å². The van der Waals surface area contributed by atoms with E-state index in [-0.39, 0.29) is 28.7 Å². The molecule has 1 aromatic heterocycles. The Balaban J connectivity index is 1.27. The van der Waals surface area contributed by atoms with Crippen LogP contribution in [0, 0.1) is 0 Å². The second kappa shape index (κ2) is 15.7. The first kappa shape index (κ1) is 34.4. The van der Waals surface area contributed by atoms with Gasteiger partial charge in [0, 0.05) is 10.6 Å². The van der Waals surface area contributed by atoms with Crippen LogP contribution in [-0.2, 0) is 32.5 Å². The lowest BCUT2D eigenvalue weighted by atomic mass is 10.1. The number of hydrogen-bond acceptors (Lipinski definition) is 9. The largest absolute Gasteiger partial charge is 0.486 e. The predicted octanol–water partition coefficient (Wildman–Crippen LogP) is 5.77. The lowest BCUT2D eigenvalue weighted by Gasteiger charge is -2.15. The van der Waals surface area contributed by atoms with Crippen molar-refractivity contribution in [2.45, 2.75) is 24.3 Å². The van der Waals surface area contributed by atoms with Crippen LogP contribution in [0.3, 0.4) is 0 Å². The number of hydrogen-bond donors (Lipinski definition) is 3. The third kappa shape index (κ3) is 9.53. The number of carboxylic acids is 1. The fourth-order valence-electron chi connectivity index (χ4n) is 4.60. The van der Waals surface area contributed by atoms with Gasteiger partial charge in [0.15, 0.2) is 16.4 Å². The number of fused-ring (bicyclic) bond motifs is 1. The van der Waals surface area contributed by atoms with Gasteiger partial charge in [-0.05, 0) is 85.1 Å². The number of sulfone groups is 1. The molecule has 0 spiro atoms. The van der Waals surface area contributed by atoms with Gasteiger partial charge in [-0.15, -0.1) is 11.3 Å². The zero-order chi connectivity index (χ0) is 34.1. The number of carbonyl (C=O) groups is 3. The van der Waals surface area contributed by atoms with Crippen molar-refractivity contribution in [3.8, 4) is 11.5 Å². The molecule has 0 radical (unpaired) electrons. The number of anilines is 1. The van der Waals surface area contributed by atoms with Crippen LogP contribution in [0.4, 0.5) is 5.69 Å². The molecule has 248 valence electrons. The number of aromatic nitrogens is 1. The van der Waals surface area contributed by atoms with E-state index in [1.807, 2.05) is 24.3 Å². The van der Waals surface area contributed by atoms with Crippen LogP contribution in [0.15, 0.2) is 95.9 Å². The van der Waals surface area contributed by atoms with E-state index in [1.54, 1.807) is 42.5 Å². The molecule has 0 fully saturated rings. The summed E-state index contributed by atoms with van der Waals surface area (Å²) in [6.45, 7) is -0.840. The van der Waals surface area contributed by atoms with Crippen LogP contribution >= 0.6 is 22.9 Å². The van der Waals surface area contributed by atoms with Gasteiger partial charge in [-0.2, -0.15) is 0 Å². The SMILES string of the molecule is O=C(O)CNC(=O)COc1ccc(CCCS(=O)(=O)c2ccc(Cl)cc2)cc1NC(=O)c1cccc(OCc2nc3ccccc3s2)c1. The maximum atomic E-state index is 13.4. The van der Waals surface area contributed by atoms with Crippen molar-refractivity contribution in [2.24, 2.45) is 0 Å². The summed E-state index contributed by atoms with van der Waals surface area (Å²) >= 11 is 7.41. The van der Waals surface area contributed by atoms with E-state index in [0.29, 0.717) is 34.7 Å². The Kier molecular flexibility index (Phi) is 11.3. The summed E-state index contributed by atoms with van der Waals surface area (Å²) in [6, 6.07) is 25.3. The minimum atomic E-state index is -3.54. The van der Waals surface area contributed by atoms with Crippen molar-refractivity contribution < 1.29 is 37.4 Å². The van der Waals surface area contributed by atoms with Crippen LogP contribution in [-0.4, -0.2) is 55.2 Å². The first-order chi connectivity index (χ1) is 23.1. The predicted molar refractivity (Wildman–Crippen MR) is 183 cm³/mol. The number of aliphatic carboxylic acids is 1. The van der Waals surface area contributed by atoms with Crippen LogP contribution < -0.4 is 20.1 Å². The molecule has 0 aliphatic rings. The average molecular weight is 708 g/mol. The number of aryl methyl sites for hydroxylation is 1. The summed E-state index contributed by atoms with van der Waals surface area (Å²) < 4.78 is 38.2. The molecule has 0 aliphatic heterocycles. The molecule has 5 aromatic rings. The number of nitrogens with zero attached hydrogens (tertiary/aromatic N) is 1. The van der Waals surface area contributed by atoms with Gasteiger partial charge >= 0.3 is 5.97 Å². The third-order valence-corrected chi connectivity index (χ3v) is 10.0. The fraction of sp³-hybridized carbons (Fsp3) is 0.176. The van der Waals surface area contributed by atoms with E-state index < -0.39 is 40.8 Å². The first-order valence-electron chi connectivity index (χ1n) is 14.7. The summed E-state index contributed by atoms with van der Waals surface area (Å²) in [5.74, 6) is -1.83. The second-order valence-electron chi connectivity index (χ2n) is 10.5. The van der Waals surface area contributed by atoms with Gasteiger partial charge in [-0.25, -0.2) is 13.4 Å². The van der Waals surface area contributed by atoms with Gasteiger partial charge in [-0.3, -0.25) is 14.4 Å². The molecule has 0 saturated carbocycles. The van der Waals surface area contributed by atoms with Crippen LogP contribution in [0.2, 0.25) is 5.02 Å². The van der Waals surface area contributed by atoms with Crippen molar-refractivity contribution in [3.63, 3.8) is 0 Å². The monoisotopic (exact) mass is 707 g/mol. The minimum Gasteiger partial charge on any atom is -0.486 e. The minimum absolute atomic E-state index is 0.109. The topological polar surface area (TPSA) is 161 Å². The standard InChI is InChI=1S/C34H30ClN3O8S2/c35-24-11-13-26(14-12-24)48(43,44)16-4-5-22-10-15-29(46-20-31(39)36-19-33(40)41)28(17-22)38-34(42)23-6-3-7-25(18-23)45-21-32-37-27-8-1-2-9-30(27)47-32/h1-3,6-15,17-18H,4-5,16,19-21H2,(H,36,39)(H,38,42)(H,40,41). The molecule has 5 rings (SSSR count). The van der Waals surface area contributed by atoms with Gasteiger partial charge in [0.25, 0.3) is 11.8 Å². The normalized spacial score (nSPS) is 11.2. The number of rotatable bonds is 15. The van der Waals surface area contributed by atoms with Crippen LogP contribution in [0.25, 0.3) is 10.2 Å². The van der Waals surface area contributed by atoms with E-state index in [4.69, 9.17) is 26.2 Å². The lowest BCUT2D eigenvalue weighted by molar-refractivity contribution is -0.138. The summed E-state index contributed by atoms with van der Waals surface area (Å²) in [5.41, 5.74) is 2.13. The molecule has 0 atom stereocenters. The molecule has 0 unspecified atom stereocenters. The number of thiazole rings is 1. The van der Waals surface area contributed by atoms with Gasteiger partial charge in [-0.1, -0.05) is 35.9 Å². The number of nitrogens with one attached hydrogen (secondary N) is 2. The molecule has 48 heavy (non-hydrogen) atoms. The highest BCUT2D eigenvalue weighted by Gasteiger charge is 2.17. The van der Waals surface area contributed by atoms with Gasteiger partial charge < -0.3 is 25.2 Å². The van der Waals surface area contributed by atoms with Crippen molar-refractivity contribution >= 4 is 66.5 Å². The smallest absolute Gasteiger partial charge is 0.322 e. The second-order valence-corrected chi connectivity index (χ2v) is 14.2. The third-order valence-electron chi connectivity index (χ3n) is 6.94. The Morgan fingerprint density at radius 3 is 2.48 bits per heavy atom. The number of para-hydroxylation sites is 1. The van der Waals surface area contributed by atoms with E-state index in [9.17, 15) is 22.8 Å². The molecule has 2 amide bonds. The Hall–Kier alpha value is -4.98. The lowest BCUT2D eigenvalue weighted by Crippen LogP contribution is -2.33. The summed E-state index contributed by atoms with van der Waals surface area (Å²) in [7, 11) is -3.54. The molecule has 0 saturated heterocycles.